The minimum Gasteiger partial charge on any atom is -0.370 e. The van der Waals surface area contributed by atoms with Gasteiger partial charge in [0.1, 0.15) is 0 Å². The molecule has 1 saturated heterocycles. The van der Waals surface area contributed by atoms with E-state index >= 15 is 0 Å². The Balaban J connectivity index is 1.99. The lowest BCUT2D eigenvalue weighted by atomic mass is 9.95. The van der Waals surface area contributed by atoms with Crippen molar-refractivity contribution in [3.8, 4) is 0 Å². The normalized spacial score (nSPS) is 27.3. The van der Waals surface area contributed by atoms with Crippen LogP contribution in [-0.2, 0) is 4.74 Å². The number of aromatic nitrogens is 1. The zero-order chi connectivity index (χ0) is 9.97. The zero-order valence-electron chi connectivity index (χ0n) is 8.81. The fraction of sp³-hybridized carbons (Fsp3) is 0.583. The van der Waals surface area contributed by atoms with Crippen molar-refractivity contribution in [2.24, 2.45) is 0 Å². The number of hydrogen-bond donors (Lipinski definition) is 0. The number of pyridine rings is 1. The summed E-state index contributed by atoms with van der Waals surface area (Å²) >= 11 is 0. The summed E-state index contributed by atoms with van der Waals surface area (Å²) < 4.78 is 5.44. The van der Waals surface area contributed by atoms with Crippen LogP contribution in [0.3, 0.4) is 0 Å². The van der Waals surface area contributed by atoms with Gasteiger partial charge in [-0.2, -0.15) is 0 Å². The van der Waals surface area contributed by atoms with Crippen molar-refractivity contribution in [3.63, 3.8) is 0 Å². The van der Waals surface area contributed by atoms with Gasteiger partial charge < -0.3 is 4.74 Å². The van der Waals surface area contributed by atoms with E-state index in [0.717, 1.165) is 12.8 Å². The highest BCUT2D eigenvalue weighted by Crippen LogP contribution is 2.33. The summed E-state index contributed by atoms with van der Waals surface area (Å²) in [5.41, 5.74) is 1.21. The Bertz CT molecular complexity index is 286. The van der Waals surface area contributed by atoms with Crippen molar-refractivity contribution >= 4 is 0 Å². The first-order valence-corrected chi connectivity index (χ1v) is 5.37. The molecule has 0 radical (unpaired) electrons. The molecular formula is C12H17NO. The van der Waals surface area contributed by atoms with Crippen LogP contribution < -0.4 is 0 Å². The lowest BCUT2D eigenvalue weighted by Crippen LogP contribution is -2.04. The van der Waals surface area contributed by atoms with Crippen molar-refractivity contribution in [3.05, 3.63) is 30.1 Å². The largest absolute Gasteiger partial charge is 0.370 e. The van der Waals surface area contributed by atoms with E-state index < -0.39 is 0 Å². The lowest BCUT2D eigenvalue weighted by molar-refractivity contribution is 0.356. The van der Waals surface area contributed by atoms with Gasteiger partial charge in [0.05, 0.1) is 12.2 Å². The molecule has 0 aliphatic carbocycles. The van der Waals surface area contributed by atoms with E-state index in [2.05, 4.69) is 31.0 Å². The molecule has 0 spiro atoms. The Kier molecular flexibility index (Phi) is 2.82. The first kappa shape index (κ1) is 9.66. The predicted octanol–water partition coefficient (Wildman–Crippen LogP) is 2.75. The second kappa shape index (κ2) is 4.09. The van der Waals surface area contributed by atoms with E-state index in [9.17, 15) is 0 Å². The van der Waals surface area contributed by atoms with Crippen molar-refractivity contribution in [2.75, 3.05) is 0 Å². The highest BCUT2D eigenvalue weighted by molar-refractivity contribution is 5.10. The van der Waals surface area contributed by atoms with Gasteiger partial charge in [0.2, 0.25) is 0 Å². The van der Waals surface area contributed by atoms with Crippen molar-refractivity contribution < 1.29 is 4.74 Å². The van der Waals surface area contributed by atoms with Gasteiger partial charge in [-0.15, -0.1) is 0 Å². The molecule has 1 aromatic rings. The van der Waals surface area contributed by atoms with Crippen molar-refractivity contribution in [2.45, 2.75) is 44.8 Å². The van der Waals surface area contributed by atoms with E-state index in [0.29, 0.717) is 18.1 Å². The highest BCUT2D eigenvalue weighted by Gasteiger charge is 2.36. The predicted molar refractivity (Wildman–Crippen MR) is 56.2 cm³/mol. The molecule has 0 saturated carbocycles. The quantitative estimate of drug-likeness (QED) is 0.684. The standard InChI is InChI=1S/C12H17NO/c1-3-10(8-12-9(2)14-12)11-6-4-5-7-13-11/h4-7,9-10,12H,3,8H2,1-2H3. The smallest absolute Gasteiger partial charge is 0.0845 e. The SMILES string of the molecule is CCC(CC1OC1C)c1ccccn1. The summed E-state index contributed by atoms with van der Waals surface area (Å²) in [6.07, 6.45) is 5.07. The summed E-state index contributed by atoms with van der Waals surface area (Å²) in [6, 6.07) is 6.13. The third kappa shape index (κ3) is 2.13. The van der Waals surface area contributed by atoms with Gasteiger partial charge in [-0.05, 0) is 31.9 Å². The van der Waals surface area contributed by atoms with Crippen LogP contribution in [0.15, 0.2) is 24.4 Å². The number of hydrogen-bond acceptors (Lipinski definition) is 2. The molecule has 14 heavy (non-hydrogen) atoms. The van der Waals surface area contributed by atoms with Gasteiger partial charge >= 0.3 is 0 Å². The highest BCUT2D eigenvalue weighted by atomic mass is 16.6. The lowest BCUT2D eigenvalue weighted by Gasteiger charge is -2.12. The van der Waals surface area contributed by atoms with Crippen LogP contribution in [-0.4, -0.2) is 17.2 Å². The molecule has 3 atom stereocenters. The molecule has 76 valence electrons. The maximum atomic E-state index is 5.44. The molecule has 2 heteroatoms. The Labute approximate surface area is 85.3 Å². The Morgan fingerprint density at radius 1 is 1.50 bits per heavy atom. The molecule has 2 rings (SSSR count). The Morgan fingerprint density at radius 2 is 2.29 bits per heavy atom. The van der Waals surface area contributed by atoms with E-state index in [-0.39, 0.29) is 0 Å². The maximum absolute atomic E-state index is 5.44. The van der Waals surface area contributed by atoms with Gasteiger partial charge in [-0.25, -0.2) is 0 Å². The number of epoxide rings is 1. The van der Waals surface area contributed by atoms with Gasteiger partial charge in [-0.1, -0.05) is 13.0 Å². The Morgan fingerprint density at radius 3 is 2.79 bits per heavy atom. The van der Waals surface area contributed by atoms with Crippen LogP contribution in [0.4, 0.5) is 0 Å². The molecule has 3 unspecified atom stereocenters. The minimum atomic E-state index is 0.466. The number of ether oxygens (including phenoxy) is 1. The average molecular weight is 191 g/mol. The van der Waals surface area contributed by atoms with E-state index in [1.807, 2.05) is 12.3 Å². The second-order valence-corrected chi connectivity index (χ2v) is 3.98. The van der Waals surface area contributed by atoms with Gasteiger partial charge in [0.15, 0.2) is 0 Å². The van der Waals surface area contributed by atoms with Crippen molar-refractivity contribution in [1.82, 2.24) is 4.98 Å². The molecule has 0 amide bonds. The first-order chi connectivity index (χ1) is 6.81. The molecule has 1 aromatic heterocycles. The molecular weight excluding hydrogens is 174 g/mol. The molecule has 0 N–H and O–H groups in total. The average Bonchev–Trinajstić information content (AvgIpc) is 2.92. The third-order valence-corrected chi connectivity index (χ3v) is 2.95. The van der Waals surface area contributed by atoms with E-state index in [4.69, 9.17) is 4.74 Å². The molecule has 0 bridgehead atoms. The molecule has 2 nitrogen and oxygen atoms in total. The summed E-state index contributed by atoms with van der Waals surface area (Å²) in [7, 11) is 0. The van der Waals surface area contributed by atoms with E-state index in [1.165, 1.54) is 5.69 Å². The summed E-state index contributed by atoms with van der Waals surface area (Å²) in [6.45, 7) is 4.35. The van der Waals surface area contributed by atoms with Crippen molar-refractivity contribution in [1.29, 1.82) is 0 Å². The third-order valence-electron chi connectivity index (χ3n) is 2.95. The van der Waals surface area contributed by atoms with Gasteiger partial charge in [0.25, 0.3) is 0 Å². The minimum absolute atomic E-state index is 0.466. The second-order valence-electron chi connectivity index (χ2n) is 3.98. The van der Waals surface area contributed by atoms with Crippen LogP contribution in [0.25, 0.3) is 0 Å². The number of rotatable bonds is 4. The van der Waals surface area contributed by atoms with Crippen LogP contribution in [0, 0.1) is 0 Å². The topological polar surface area (TPSA) is 25.4 Å². The monoisotopic (exact) mass is 191 g/mol. The molecule has 2 heterocycles. The first-order valence-electron chi connectivity index (χ1n) is 5.37. The van der Waals surface area contributed by atoms with Crippen LogP contribution in [0.2, 0.25) is 0 Å². The molecule has 1 aliphatic heterocycles. The fourth-order valence-corrected chi connectivity index (χ4v) is 1.87. The summed E-state index contributed by atoms with van der Waals surface area (Å²) in [5, 5.41) is 0. The summed E-state index contributed by atoms with van der Waals surface area (Å²) in [5.74, 6) is 0.561. The van der Waals surface area contributed by atoms with Gasteiger partial charge in [0, 0.05) is 17.8 Å². The van der Waals surface area contributed by atoms with E-state index in [1.54, 1.807) is 0 Å². The number of nitrogens with zero attached hydrogens (tertiary/aromatic N) is 1. The van der Waals surface area contributed by atoms with Crippen LogP contribution >= 0.6 is 0 Å². The van der Waals surface area contributed by atoms with Crippen LogP contribution in [0.5, 0.6) is 0 Å². The fourth-order valence-electron chi connectivity index (χ4n) is 1.87. The maximum Gasteiger partial charge on any atom is 0.0845 e. The van der Waals surface area contributed by atoms with Gasteiger partial charge in [-0.3, -0.25) is 4.98 Å². The molecule has 1 aliphatic rings. The molecule has 0 aromatic carbocycles. The summed E-state index contributed by atoms with van der Waals surface area (Å²) in [4.78, 5) is 4.40. The molecule has 1 fully saturated rings. The van der Waals surface area contributed by atoms with Crippen LogP contribution in [0.1, 0.15) is 38.3 Å². The zero-order valence-corrected chi connectivity index (χ0v) is 8.81. The Hall–Kier alpha value is -0.890.